The van der Waals surface area contributed by atoms with Crippen LogP contribution in [0.5, 0.6) is 23.0 Å². The molecule has 8 N–H and O–H groups in total. The molecule has 0 radical (unpaired) electrons. The average Bonchev–Trinajstić information content (AvgIpc) is 2.94. The van der Waals surface area contributed by atoms with E-state index >= 15 is 0 Å². The monoisotopic (exact) mass is 580 g/mol. The number of aliphatic hydroxyl groups excluding tert-OH is 6. The number of ketones is 1. The van der Waals surface area contributed by atoms with E-state index in [0.29, 0.717) is 5.56 Å². The van der Waals surface area contributed by atoms with Gasteiger partial charge in [0, 0.05) is 12.1 Å². The topological polar surface area (TPSA) is 225 Å². The SMILES string of the molecule is C[C@@H]1O[C@@H](OC[C@@H]2O[C@@H](Oc3cc(O)c4c(c3)O[C@H](c3ccc(O)cc3)CC4=O)[C@@H](O)[C@H](O)[C@@H]2O)[C@H](O)[C@H](O)[C@H]1O. The first-order valence-electron chi connectivity index (χ1n) is 13.0. The molecule has 41 heavy (non-hydrogen) atoms. The Bertz CT molecular complexity index is 1240. The highest BCUT2D eigenvalue weighted by atomic mass is 16.7. The number of rotatable bonds is 6. The lowest BCUT2D eigenvalue weighted by Gasteiger charge is -2.42. The van der Waals surface area contributed by atoms with E-state index in [4.69, 9.17) is 23.7 Å². The third-order valence-corrected chi connectivity index (χ3v) is 7.39. The smallest absolute Gasteiger partial charge is 0.229 e. The van der Waals surface area contributed by atoms with Crippen LogP contribution in [0.1, 0.15) is 35.4 Å². The highest BCUT2D eigenvalue weighted by molar-refractivity contribution is 6.02. The molecule has 0 saturated carbocycles. The van der Waals surface area contributed by atoms with E-state index in [1.807, 2.05) is 0 Å². The second-order valence-corrected chi connectivity index (χ2v) is 10.3. The van der Waals surface area contributed by atoms with Gasteiger partial charge in [0.05, 0.1) is 19.1 Å². The van der Waals surface area contributed by atoms with Gasteiger partial charge in [-0.05, 0) is 24.6 Å². The van der Waals surface area contributed by atoms with Crippen molar-refractivity contribution in [3.63, 3.8) is 0 Å². The van der Waals surface area contributed by atoms with Gasteiger partial charge in [0.2, 0.25) is 6.29 Å². The van der Waals surface area contributed by atoms with Crippen LogP contribution < -0.4 is 9.47 Å². The first-order valence-corrected chi connectivity index (χ1v) is 13.0. The molecule has 2 saturated heterocycles. The van der Waals surface area contributed by atoms with Crippen LogP contribution in [0.25, 0.3) is 0 Å². The summed E-state index contributed by atoms with van der Waals surface area (Å²) in [6, 6.07) is 8.51. The maximum absolute atomic E-state index is 12.8. The molecule has 11 atom stereocenters. The van der Waals surface area contributed by atoms with Crippen LogP contribution in [0.3, 0.4) is 0 Å². The summed E-state index contributed by atoms with van der Waals surface area (Å²) in [5.41, 5.74) is 0.550. The third-order valence-electron chi connectivity index (χ3n) is 7.39. The number of phenolic OH excluding ortho intramolecular Hbond substituents is 2. The van der Waals surface area contributed by atoms with E-state index in [-0.39, 0.29) is 29.2 Å². The van der Waals surface area contributed by atoms with E-state index in [1.165, 1.54) is 25.1 Å². The van der Waals surface area contributed by atoms with Gasteiger partial charge < -0.3 is 64.5 Å². The van der Waals surface area contributed by atoms with Crippen LogP contribution in [0.4, 0.5) is 0 Å². The van der Waals surface area contributed by atoms with Crippen molar-refractivity contribution in [2.45, 2.75) is 80.9 Å². The maximum Gasteiger partial charge on any atom is 0.229 e. The largest absolute Gasteiger partial charge is 0.508 e. The van der Waals surface area contributed by atoms with Gasteiger partial charge in [-0.2, -0.15) is 0 Å². The van der Waals surface area contributed by atoms with Gasteiger partial charge in [0.1, 0.15) is 77.4 Å². The molecule has 0 bridgehead atoms. The lowest BCUT2D eigenvalue weighted by molar-refractivity contribution is -0.318. The van der Waals surface area contributed by atoms with Gasteiger partial charge in [-0.3, -0.25) is 4.79 Å². The zero-order valence-electron chi connectivity index (χ0n) is 21.8. The minimum absolute atomic E-state index is 0.00149. The van der Waals surface area contributed by atoms with Gasteiger partial charge in [-0.15, -0.1) is 0 Å². The van der Waals surface area contributed by atoms with Gasteiger partial charge >= 0.3 is 0 Å². The van der Waals surface area contributed by atoms with Gasteiger partial charge in [0.15, 0.2) is 12.1 Å². The molecule has 14 heteroatoms. The molecule has 2 aromatic carbocycles. The Hall–Kier alpha value is -3.05. The average molecular weight is 581 g/mol. The highest BCUT2D eigenvalue weighted by Gasteiger charge is 2.47. The zero-order chi connectivity index (χ0) is 29.6. The van der Waals surface area contributed by atoms with Gasteiger partial charge in [0.25, 0.3) is 0 Å². The van der Waals surface area contributed by atoms with Crippen LogP contribution in [0.15, 0.2) is 36.4 Å². The first kappa shape index (κ1) is 29.4. The van der Waals surface area contributed by atoms with E-state index in [9.17, 15) is 45.6 Å². The summed E-state index contributed by atoms with van der Waals surface area (Å²) in [7, 11) is 0. The van der Waals surface area contributed by atoms with Crippen molar-refractivity contribution in [2.75, 3.05) is 6.61 Å². The number of hydrogen-bond donors (Lipinski definition) is 8. The number of benzene rings is 2. The van der Waals surface area contributed by atoms with Crippen LogP contribution in [-0.2, 0) is 14.2 Å². The standard InChI is InChI=1S/C27H32O14/c1-10-20(31)22(33)24(35)26(38-10)37-9-18-21(32)23(34)25(36)27(41-18)39-13-6-14(29)19-15(30)8-16(40-17(19)7-13)11-2-4-12(28)5-3-11/h2-7,10,16,18,20-29,31-36H,8-9H2,1H3/t10-,16-,18-,20-,21+,22+,23+,24+,25-,26+,27+/m0/s1. The minimum atomic E-state index is -1.76. The molecule has 0 aromatic heterocycles. The Kier molecular flexibility index (Phi) is 8.39. The number of aromatic hydroxyl groups is 2. The molecule has 14 nitrogen and oxygen atoms in total. The van der Waals surface area contributed by atoms with E-state index in [0.717, 1.165) is 6.07 Å². The van der Waals surface area contributed by atoms with Crippen molar-refractivity contribution in [3.05, 3.63) is 47.5 Å². The molecule has 5 rings (SSSR count). The molecule has 0 aliphatic carbocycles. The zero-order valence-corrected chi connectivity index (χ0v) is 21.8. The molecule has 0 spiro atoms. The van der Waals surface area contributed by atoms with E-state index in [2.05, 4.69) is 0 Å². The normalized spacial score (nSPS) is 37.2. The Morgan fingerprint density at radius 3 is 2.20 bits per heavy atom. The van der Waals surface area contributed by atoms with Crippen molar-refractivity contribution < 1.29 is 69.3 Å². The maximum atomic E-state index is 12.8. The van der Waals surface area contributed by atoms with Gasteiger partial charge in [-0.1, -0.05) is 12.1 Å². The lowest BCUT2D eigenvalue weighted by atomic mass is 9.95. The number of carbonyl (C=O) groups is 1. The summed E-state index contributed by atoms with van der Waals surface area (Å²) in [5.74, 6) is -0.893. The molecule has 2 fully saturated rings. The van der Waals surface area contributed by atoms with Crippen molar-refractivity contribution >= 4 is 5.78 Å². The molecule has 224 valence electrons. The summed E-state index contributed by atoms with van der Waals surface area (Å²) >= 11 is 0. The Labute approximate surface area is 233 Å². The Morgan fingerprint density at radius 2 is 1.49 bits per heavy atom. The molecular formula is C27H32O14. The summed E-state index contributed by atoms with van der Waals surface area (Å²) in [6.07, 6.45) is -15.6. The van der Waals surface area contributed by atoms with E-state index < -0.39 is 85.7 Å². The summed E-state index contributed by atoms with van der Waals surface area (Å²) in [6.45, 7) is 0.980. The number of carbonyl (C=O) groups excluding carboxylic acids is 1. The minimum Gasteiger partial charge on any atom is -0.508 e. The predicted octanol–water partition coefficient (Wildman–Crippen LogP) is -1.17. The van der Waals surface area contributed by atoms with Crippen molar-refractivity contribution in [3.8, 4) is 23.0 Å². The van der Waals surface area contributed by atoms with E-state index in [1.54, 1.807) is 12.1 Å². The lowest BCUT2D eigenvalue weighted by Crippen LogP contribution is -2.61. The second kappa shape index (κ2) is 11.7. The quantitative estimate of drug-likeness (QED) is 0.202. The third kappa shape index (κ3) is 5.83. The number of aliphatic hydroxyl groups is 6. The predicted molar refractivity (Wildman–Crippen MR) is 134 cm³/mol. The van der Waals surface area contributed by atoms with Crippen LogP contribution in [0.2, 0.25) is 0 Å². The van der Waals surface area contributed by atoms with Crippen molar-refractivity contribution in [2.24, 2.45) is 0 Å². The van der Waals surface area contributed by atoms with Crippen LogP contribution in [0, 0.1) is 0 Å². The Morgan fingerprint density at radius 1 is 0.829 bits per heavy atom. The number of ether oxygens (including phenoxy) is 5. The summed E-state index contributed by atoms with van der Waals surface area (Å²) in [4.78, 5) is 12.8. The summed E-state index contributed by atoms with van der Waals surface area (Å²) < 4.78 is 28.0. The molecule has 0 unspecified atom stereocenters. The van der Waals surface area contributed by atoms with Gasteiger partial charge in [-0.25, -0.2) is 0 Å². The molecule has 0 amide bonds. The van der Waals surface area contributed by atoms with Crippen molar-refractivity contribution in [1.29, 1.82) is 0 Å². The number of Topliss-reactive ketones (excluding diaryl/α,β-unsaturated/α-hetero) is 1. The molecular weight excluding hydrogens is 548 g/mol. The highest BCUT2D eigenvalue weighted by Crippen LogP contribution is 2.42. The molecule has 2 aromatic rings. The number of fused-ring (bicyclic) bond motifs is 1. The molecule has 3 aliphatic heterocycles. The summed E-state index contributed by atoms with van der Waals surface area (Å²) in [5, 5.41) is 81.5. The van der Waals surface area contributed by atoms with Crippen molar-refractivity contribution in [1.82, 2.24) is 0 Å². The first-order chi connectivity index (χ1) is 19.4. The van der Waals surface area contributed by atoms with Crippen LogP contribution >= 0.6 is 0 Å². The fourth-order valence-corrected chi connectivity index (χ4v) is 4.98. The Balaban J connectivity index is 1.30. The molecule has 3 heterocycles. The molecule has 3 aliphatic rings. The second-order valence-electron chi connectivity index (χ2n) is 10.3. The fraction of sp³-hybridized carbons (Fsp3) is 0.519. The fourth-order valence-electron chi connectivity index (χ4n) is 4.98. The number of phenols is 2. The number of hydrogen-bond acceptors (Lipinski definition) is 14. The van der Waals surface area contributed by atoms with Crippen LogP contribution in [-0.4, -0.2) is 115 Å².